The first-order valence-electron chi connectivity index (χ1n) is 3.58. The average molecular weight is 370 g/mol. The van der Waals surface area contributed by atoms with Gasteiger partial charge in [0.15, 0.2) is 5.78 Å². The number of rotatable bonds is 2. The number of carbonyl (C=O) groups excluding carboxylic acids is 1. The molecule has 0 radical (unpaired) electrons. The highest BCUT2D eigenvalue weighted by molar-refractivity contribution is 14.1. The Balaban J connectivity index is 3.43. The van der Waals surface area contributed by atoms with Gasteiger partial charge in [0.05, 0.1) is 4.92 Å². The summed E-state index contributed by atoms with van der Waals surface area (Å²) in [5.74, 6) is -0.182. The number of hydrogen-bond donors (Lipinski definition) is 0. The van der Waals surface area contributed by atoms with Gasteiger partial charge in [-0.05, 0) is 45.4 Å². The molecular formula is C8H5BrINO3. The summed E-state index contributed by atoms with van der Waals surface area (Å²) in [6.45, 7) is 1.38. The Kier molecular flexibility index (Phi) is 3.59. The maximum atomic E-state index is 11.1. The molecule has 1 aromatic carbocycles. The molecule has 0 aromatic heterocycles. The first-order chi connectivity index (χ1) is 6.43. The van der Waals surface area contributed by atoms with Crippen LogP contribution >= 0.6 is 38.5 Å². The van der Waals surface area contributed by atoms with E-state index >= 15 is 0 Å². The number of Topliss-reactive ketones (excluding diaryl/α,β-unsaturated/α-hetero) is 1. The van der Waals surface area contributed by atoms with Gasteiger partial charge in [0.1, 0.15) is 0 Å². The lowest BCUT2D eigenvalue weighted by molar-refractivity contribution is -0.385. The van der Waals surface area contributed by atoms with Crippen LogP contribution < -0.4 is 0 Å². The highest BCUT2D eigenvalue weighted by Gasteiger charge is 2.15. The van der Waals surface area contributed by atoms with E-state index in [1.54, 1.807) is 0 Å². The molecule has 4 nitrogen and oxygen atoms in total. The molecule has 0 aliphatic rings. The molecule has 0 aliphatic heterocycles. The smallest absolute Gasteiger partial charge is 0.271 e. The summed E-state index contributed by atoms with van der Waals surface area (Å²) in [4.78, 5) is 21.1. The van der Waals surface area contributed by atoms with Crippen LogP contribution in [0.1, 0.15) is 17.3 Å². The Morgan fingerprint density at radius 2 is 2.14 bits per heavy atom. The second-order valence-corrected chi connectivity index (χ2v) is 4.54. The van der Waals surface area contributed by atoms with Crippen LogP contribution in [0.2, 0.25) is 0 Å². The van der Waals surface area contributed by atoms with Gasteiger partial charge in [-0.3, -0.25) is 14.9 Å². The number of nitro benzene ring substituents is 1. The zero-order valence-corrected chi connectivity index (χ0v) is 10.8. The van der Waals surface area contributed by atoms with Crippen molar-refractivity contribution in [2.75, 3.05) is 0 Å². The van der Waals surface area contributed by atoms with E-state index in [-0.39, 0.29) is 11.5 Å². The van der Waals surface area contributed by atoms with Gasteiger partial charge < -0.3 is 0 Å². The van der Waals surface area contributed by atoms with Crippen LogP contribution in [0.15, 0.2) is 16.6 Å². The van der Waals surface area contributed by atoms with Gasteiger partial charge in [0, 0.05) is 25.7 Å². The molecule has 0 unspecified atom stereocenters. The molecule has 0 N–H and O–H groups in total. The molecule has 0 heterocycles. The second-order valence-electron chi connectivity index (χ2n) is 2.60. The fourth-order valence-electron chi connectivity index (χ4n) is 0.936. The number of ketones is 1. The van der Waals surface area contributed by atoms with Crippen molar-refractivity contribution in [3.8, 4) is 0 Å². The van der Waals surface area contributed by atoms with Crippen molar-refractivity contribution >= 4 is 50.0 Å². The Morgan fingerprint density at radius 1 is 1.57 bits per heavy atom. The fraction of sp³-hybridized carbons (Fsp3) is 0.125. The molecule has 0 fully saturated rings. The maximum absolute atomic E-state index is 11.1. The van der Waals surface area contributed by atoms with E-state index in [1.807, 2.05) is 22.6 Å². The topological polar surface area (TPSA) is 60.2 Å². The van der Waals surface area contributed by atoms with E-state index in [9.17, 15) is 14.9 Å². The molecule has 14 heavy (non-hydrogen) atoms. The molecular weight excluding hydrogens is 365 g/mol. The largest absolute Gasteiger partial charge is 0.294 e. The van der Waals surface area contributed by atoms with Crippen LogP contribution in [0.25, 0.3) is 0 Å². The van der Waals surface area contributed by atoms with Gasteiger partial charge in [0.2, 0.25) is 0 Å². The summed E-state index contributed by atoms with van der Waals surface area (Å²) in [5.41, 5.74) is 0.286. The zero-order valence-electron chi connectivity index (χ0n) is 7.08. The SMILES string of the molecule is CC(=O)c1cc([N+](=O)[O-])cc(Br)c1I. The van der Waals surface area contributed by atoms with Gasteiger partial charge in [-0.15, -0.1) is 0 Å². The van der Waals surface area contributed by atoms with Crippen LogP contribution in [-0.2, 0) is 0 Å². The van der Waals surface area contributed by atoms with Crippen LogP contribution in [-0.4, -0.2) is 10.7 Å². The van der Waals surface area contributed by atoms with Crippen molar-refractivity contribution in [2.45, 2.75) is 6.92 Å². The predicted molar refractivity (Wildman–Crippen MR) is 63.5 cm³/mol. The van der Waals surface area contributed by atoms with E-state index in [2.05, 4.69) is 15.9 Å². The Morgan fingerprint density at radius 3 is 2.57 bits per heavy atom. The molecule has 0 saturated carbocycles. The van der Waals surface area contributed by atoms with Gasteiger partial charge in [-0.25, -0.2) is 0 Å². The molecule has 0 saturated heterocycles. The molecule has 0 atom stereocenters. The third-order valence-electron chi connectivity index (χ3n) is 1.60. The standard InChI is InChI=1S/C8H5BrINO3/c1-4(12)6-2-5(11(13)14)3-7(9)8(6)10/h2-3H,1H3. The summed E-state index contributed by atoms with van der Waals surface area (Å²) in [6, 6.07) is 2.67. The van der Waals surface area contributed by atoms with Crippen LogP contribution in [0.4, 0.5) is 5.69 Å². The van der Waals surface area contributed by atoms with Crippen LogP contribution in [0.3, 0.4) is 0 Å². The third-order valence-corrected chi connectivity index (χ3v) is 4.13. The summed E-state index contributed by atoms with van der Waals surface area (Å²) in [5, 5.41) is 10.5. The lowest BCUT2D eigenvalue weighted by Crippen LogP contribution is -1.99. The highest BCUT2D eigenvalue weighted by Crippen LogP contribution is 2.28. The monoisotopic (exact) mass is 369 g/mol. The minimum absolute atomic E-state index is 0.0810. The normalized spacial score (nSPS) is 9.93. The summed E-state index contributed by atoms with van der Waals surface area (Å²) < 4.78 is 1.26. The van der Waals surface area contributed by atoms with Crippen molar-refractivity contribution < 1.29 is 9.72 Å². The number of nitro groups is 1. The quantitative estimate of drug-likeness (QED) is 0.348. The number of carbonyl (C=O) groups is 1. The zero-order chi connectivity index (χ0) is 10.9. The van der Waals surface area contributed by atoms with Gasteiger partial charge in [0.25, 0.3) is 5.69 Å². The van der Waals surface area contributed by atoms with E-state index in [0.29, 0.717) is 13.6 Å². The van der Waals surface area contributed by atoms with Crippen molar-refractivity contribution in [2.24, 2.45) is 0 Å². The Hall–Kier alpha value is -0.500. The molecule has 1 aromatic rings. The maximum Gasteiger partial charge on any atom is 0.271 e. The lowest BCUT2D eigenvalue weighted by atomic mass is 10.1. The number of halogens is 2. The predicted octanol–water partition coefficient (Wildman–Crippen LogP) is 3.16. The molecule has 0 aliphatic carbocycles. The van der Waals surface area contributed by atoms with Crippen molar-refractivity contribution in [1.29, 1.82) is 0 Å². The molecule has 74 valence electrons. The first-order valence-corrected chi connectivity index (χ1v) is 5.45. The van der Waals surface area contributed by atoms with Crippen LogP contribution in [0.5, 0.6) is 0 Å². The average Bonchev–Trinajstić information content (AvgIpc) is 2.08. The summed E-state index contributed by atoms with van der Waals surface area (Å²) in [7, 11) is 0. The van der Waals surface area contributed by atoms with E-state index in [0.717, 1.165) is 0 Å². The molecule has 0 spiro atoms. The second kappa shape index (κ2) is 4.35. The summed E-state index contributed by atoms with van der Waals surface area (Å²) >= 11 is 5.14. The molecule has 0 bridgehead atoms. The minimum atomic E-state index is -0.521. The van der Waals surface area contributed by atoms with Crippen molar-refractivity contribution in [3.63, 3.8) is 0 Å². The van der Waals surface area contributed by atoms with Crippen LogP contribution in [0, 0.1) is 13.7 Å². The van der Waals surface area contributed by atoms with Gasteiger partial charge in [-0.2, -0.15) is 0 Å². The van der Waals surface area contributed by atoms with E-state index < -0.39 is 4.92 Å². The highest BCUT2D eigenvalue weighted by atomic mass is 127. The number of benzene rings is 1. The Bertz CT molecular complexity index is 419. The third kappa shape index (κ3) is 2.30. The molecule has 1 rings (SSSR count). The fourth-order valence-corrected chi connectivity index (χ4v) is 2.08. The minimum Gasteiger partial charge on any atom is -0.294 e. The van der Waals surface area contributed by atoms with E-state index in [4.69, 9.17) is 0 Å². The van der Waals surface area contributed by atoms with Crippen molar-refractivity contribution in [1.82, 2.24) is 0 Å². The van der Waals surface area contributed by atoms with Crippen molar-refractivity contribution in [3.05, 3.63) is 35.9 Å². The Labute approximate surface area is 102 Å². The number of non-ortho nitro benzene ring substituents is 1. The van der Waals surface area contributed by atoms with Gasteiger partial charge in [-0.1, -0.05) is 0 Å². The molecule has 0 amide bonds. The summed E-state index contributed by atoms with van der Waals surface area (Å²) in [6.07, 6.45) is 0. The number of hydrogen-bond acceptors (Lipinski definition) is 3. The number of nitrogens with zero attached hydrogens (tertiary/aromatic N) is 1. The first kappa shape index (κ1) is 11.6. The lowest BCUT2D eigenvalue weighted by Gasteiger charge is -2.02. The van der Waals surface area contributed by atoms with E-state index in [1.165, 1.54) is 19.1 Å². The van der Waals surface area contributed by atoms with Gasteiger partial charge >= 0.3 is 0 Å². The molecule has 6 heteroatoms.